The first-order valence-corrected chi connectivity index (χ1v) is 7.87. The summed E-state index contributed by atoms with van der Waals surface area (Å²) in [7, 11) is 0. The van der Waals surface area contributed by atoms with Crippen LogP contribution in [-0.4, -0.2) is 51.3 Å². The Hall–Kier alpha value is -1.66. The summed E-state index contributed by atoms with van der Waals surface area (Å²) in [6.07, 6.45) is 4.04. The van der Waals surface area contributed by atoms with E-state index >= 15 is 0 Å². The quantitative estimate of drug-likeness (QED) is 0.374. The Balaban J connectivity index is 3.53. The number of nitrogens with one attached hydrogen (secondary N) is 2. The molecule has 6 heteroatoms. The van der Waals surface area contributed by atoms with Crippen molar-refractivity contribution in [1.82, 2.24) is 10.6 Å². The molecule has 0 aliphatic heterocycles. The lowest BCUT2D eigenvalue weighted by atomic mass is 9.96. The maximum Gasteiger partial charge on any atom is 0.243 e. The van der Waals surface area contributed by atoms with E-state index in [9.17, 15) is 9.59 Å². The molecule has 132 valence electrons. The van der Waals surface area contributed by atoms with Gasteiger partial charge < -0.3 is 20.1 Å². The summed E-state index contributed by atoms with van der Waals surface area (Å²) < 4.78 is 11.2. The number of hydrogen-bond donors (Lipinski definition) is 2. The molecular weight excluding hydrogens is 296 g/mol. The molecular formula is C17H30N2O4. The second-order valence-corrected chi connectivity index (χ2v) is 5.97. The minimum atomic E-state index is -0.164. The summed E-state index contributed by atoms with van der Waals surface area (Å²) in [5.74, 6) is -0.328. The molecule has 0 radical (unpaired) electrons. The van der Waals surface area contributed by atoms with Crippen LogP contribution in [0.4, 0.5) is 0 Å². The lowest BCUT2D eigenvalue weighted by Crippen LogP contribution is -2.28. The number of carbonyl (C=O) groups excluding carboxylic acids is 2. The van der Waals surface area contributed by atoms with E-state index in [0.717, 1.165) is 12.8 Å². The first-order valence-electron chi connectivity index (χ1n) is 7.87. The van der Waals surface area contributed by atoms with Gasteiger partial charge >= 0.3 is 0 Å². The third-order valence-electron chi connectivity index (χ3n) is 2.89. The Labute approximate surface area is 139 Å². The third kappa shape index (κ3) is 13.7. The van der Waals surface area contributed by atoms with Crippen molar-refractivity contribution >= 4 is 11.8 Å². The zero-order valence-corrected chi connectivity index (χ0v) is 14.4. The summed E-state index contributed by atoms with van der Waals surface area (Å²) in [5, 5.41) is 5.40. The summed E-state index contributed by atoms with van der Waals surface area (Å²) in [5.41, 5.74) is -0.0747. The molecule has 0 unspecified atom stereocenters. The fourth-order valence-electron chi connectivity index (χ4n) is 1.65. The van der Waals surface area contributed by atoms with Gasteiger partial charge in [-0.15, -0.1) is 0 Å². The van der Waals surface area contributed by atoms with Crippen molar-refractivity contribution in [3.63, 3.8) is 0 Å². The Morgan fingerprint density at radius 2 is 1.30 bits per heavy atom. The molecule has 0 spiro atoms. The van der Waals surface area contributed by atoms with Gasteiger partial charge in [0.2, 0.25) is 11.8 Å². The molecule has 0 saturated carbocycles. The van der Waals surface area contributed by atoms with Gasteiger partial charge in [-0.3, -0.25) is 9.59 Å². The van der Waals surface area contributed by atoms with Crippen molar-refractivity contribution < 1.29 is 19.1 Å². The van der Waals surface area contributed by atoms with Crippen LogP contribution >= 0.6 is 0 Å². The monoisotopic (exact) mass is 326 g/mol. The zero-order chi connectivity index (χ0) is 17.6. The second-order valence-electron chi connectivity index (χ2n) is 5.97. The molecule has 2 amide bonds. The summed E-state index contributed by atoms with van der Waals surface area (Å²) in [6.45, 7) is 14.5. The van der Waals surface area contributed by atoms with Crippen LogP contribution in [0.25, 0.3) is 0 Å². The normalized spacial score (nSPS) is 10.9. The minimum absolute atomic E-state index is 0.0747. The van der Waals surface area contributed by atoms with Crippen LogP contribution in [0, 0.1) is 5.41 Å². The molecule has 0 aromatic rings. The van der Waals surface area contributed by atoms with Crippen molar-refractivity contribution in [3.8, 4) is 0 Å². The molecule has 0 aliphatic carbocycles. The average Bonchev–Trinajstić information content (AvgIpc) is 2.53. The van der Waals surface area contributed by atoms with Gasteiger partial charge in [-0.2, -0.15) is 0 Å². The predicted molar refractivity (Wildman–Crippen MR) is 91.1 cm³/mol. The van der Waals surface area contributed by atoms with Crippen molar-refractivity contribution in [1.29, 1.82) is 0 Å². The van der Waals surface area contributed by atoms with Gasteiger partial charge in [-0.25, -0.2) is 0 Å². The van der Waals surface area contributed by atoms with E-state index in [0.29, 0.717) is 39.5 Å². The lowest BCUT2D eigenvalue weighted by molar-refractivity contribution is -0.117. The van der Waals surface area contributed by atoms with Gasteiger partial charge in [0.15, 0.2) is 0 Å². The van der Waals surface area contributed by atoms with E-state index in [4.69, 9.17) is 9.47 Å². The molecule has 0 atom stereocenters. The molecule has 0 aromatic heterocycles. The van der Waals surface area contributed by atoms with Gasteiger partial charge in [-0.05, 0) is 25.0 Å². The van der Waals surface area contributed by atoms with Crippen molar-refractivity contribution in [2.24, 2.45) is 5.41 Å². The summed E-state index contributed by atoms with van der Waals surface area (Å²) >= 11 is 0. The SMILES string of the molecule is C=CC(=O)NCCCOCC(C)(C)COCCCNC(=O)C=C. The minimum Gasteiger partial charge on any atom is -0.381 e. The maximum absolute atomic E-state index is 10.9. The summed E-state index contributed by atoms with van der Waals surface area (Å²) in [6, 6.07) is 0. The van der Waals surface area contributed by atoms with Crippen LogP contribution in [-0.2, 0) is 19.1 Å². The van der Waals surface area contributed by atoms with Gasteiger partial charge in [0.1, 0.15) is 0 Å². The van der Waals surface area contributed by atoms with Gasteiger partial charge in [0, 0.05) is 31.7 Å². The fraction of sp³-hybridized carbons (Fsp3) is 0.647. The Bertz CT molecular complexity index is 347. The van der Waals surface area contributed by atoms with Crippen LogP contribution in [0.3, 0.4) is 0 Å². The van der Waals surface area contributed by atoms with Crippen molar-refractivity contribution in [3.05, 3.63) is 25.3 Å². The van der Waals surface area contributed by atoms with Crippen LogP contribution in [0.5, 0.6) is 0 Å². The molecule has 6 nitrogen and oxygen atoms in total. The molecule has 0 bridgehead atoms. The van der Waals surface area contributed by atoms with E-state index in [2.05, 4.69) is 37.6 Å². The molecule has 0 rings (SSSR count). The molecule has 0 heterocycles. The lowest BCUT2D eigenvalue weighted by Gasteiger charge is -2.24. The highest BCUT2D eigenvalue weighted by Crippen LogP contribution is 2.16. The van der Waals surface area contributed by atoms with Crippen molar-refractivity contribution in [2.75, 3.05) is 39.5 Å². The van der Waals surface area contributed by atoms with E-state index in [-0.39, 0.29) is 17.2 Å². The molecule has 0 aromatic carbocycles. The predicted octanol–water partition coefficient (Wildman–Crippen LogP) is 1.43. The van der Waals surface area contributed by atoms with E-state index in [1.807, 2.05) is 0 Å². The largest absolute Gasteiger partial charge is 0.381 e. The van der Waals surface area contributed by atoms with Gasteiger partial charge in [0.25, 0.3) is 0 Å². The molecule has 0 saturated heterocycles. The molecule has 0 aliphatic rings. The number of ether oxygens (including phenoxy) is 2. The van der Waals surface area contributed by atoms with Crippen LogP contribution in [0.15, 0.2) is 25.3 Å². The summed E-state index contributed by atoms with van der Waals surface area (Å²) in [4.78, 5) is 21.9. The van der Waals surface area contributed by atoms with Gasteiger partial charge in [-0.1, -0.05) is 27.0 Å². The fourth-order valence-corrected chi connectivity index (χ4v) is 1.65. The molecule has 2 N–H and O–H groups in total. The number of hydrogen-bond acceptors (Lipinski definition) is 4. The van der Waals surface area contributed by atoms with Crippen LogP contribution in [0.2, 0.25) is 0 Å². The van der Waals surface area contributed by atoms with Crippen LogP contribution < -0.4 is 10.6 Å². The second kappa shape index (κ2) is 12.8. The highest BCUT2D eigenvalue weighted by atomic mass is 16.5. The van der Waals surface area contributed by atoms with E-state index in [1.165, 1.54) is 12.2 Å². The smallest absolute Gasteiger partial charge is 0.243 e. The highest BCUT2D eigenvalue weighted by molar-refractivity contribution is 5.87. The maximum atomic E-state index is 10.9. The van der Waals surface area contributed by atoms with Crippen molar-refractivity contribution in [2.45, 2.75) is 26.7 Å². The topological polar surface area (TPSA) is 76.7 Å². The first-order chi connectivity index (χ1) is 10.9. The average molecular weight is 326 g/mol. The number of carbonyl (C=O) groups is 2. The van der Waals surface area contributed by atoms with Gasteiger partial charge in [0.05, 0.1) is 13.2 Å². The number of rotatable bonds is 14. The molecule has 23 heavy (non-hydrogen) atoms. The Kier molecular flexibility index (Phi) is 11.9. The van der Waals surface area contributed by atoms with E-state index in [1.54, 1.807) is 0 Å². The highest BCUT2D eigenvalue weighted by Gasteiger charge is 2.18. The number of amides is 2. The first kappa shape index (κ1) is 21.3. The molecule has 0 fully saturated rings. The third-order valence-corrected chi connectivity index (χ3v) is 2.89. The zero-order valence-electron chi connectivity index (χ0n) is 14.4. The van der Waals surface area contributed by atoms with E-state index < -0.39 is 0 Å². The van der Waals surface area contributed by atoms with Crippen LogP contribution in [0.1, 0.15) is 26.7 Å². The Morgan fingerprint density at radius 3 is 1.65 bits per heavy atom. The standard InChI is InChI=1S/C17H30N2O4/c1-5-15(20)18-9-7-11-22-13-17(3,4)14-23-12-8-10-19-16(21)6-2/h5-6H,1-2,7-14H2,3-4H3,(H,18,20)(H,19,21). The Morgan fingerprint density at radius 1 is 0.913 bits per heavy atom.